The van der Waals surface area contributed by atoms with Gasteiger partial charge in [0.25, 0.3) is 0 Å². The molecule has 0 bridgehead atoms. The van der Waals surface area contributed by atoms with Gasteiger partial charge in [-0.15, -0.1) is 0 Å². The zero-order valence-corrected chi connectivity index (χ0v) is 18.5. The van der Waals surface area contributed by atoms with Gasteiger partial charge in [0.1, 0.15) is 0 Å². The summed E-state index contributed by atoms with van der Waals surface area (Å²) in [4.78, 5) is 0.227. The Hall–Kier alpha value is -2.54. The first-order valence-corrected chi connectivity index (χ1v) is 11.7. The second-order valence-corrected chi connectivity index (χ2v) is 9.23. The van der Waals surface area contributed by atoms with E-state index in [0.717, 1.165) is 17.5 Å². The SMILES string of the molecule is Cc1ccc(S(=O)(=O)N[C@@H](CC(=S)OCCc2ccccc2)c2ccccc2)cc1. The largest absolute Gasteiger partial charge is 0.487 e. The normalized spacial score (nSPS) is 12.3. The first kappa shape index (κ1) is 22.2. The van der Waals surface area contributed by atoms with Crippen LogP contribution in [-0.4, -0.2) is 20.1 Å². The highest BCUT2D eigenvalue weighted by molar-refractivity contribution is 7.89. The third kappa shape index (κ3) is 6.49. The van der Waals surface area contributed by atoms with Crippen LogP contribution in [-0.2, 0) is 21.2 Å². The number of hydrogen-bond donors (Lipinski definition) is 1. The van der Waals surface area contributed by atoms with Gasteiger partial charge in [0.2, 0.25) is 10.0 Å². The van der Waals surface area contributed by atoms with Crippen molar-refractivity contribution in [1.82, 2.24) is 4.72 Å². The molecule has 0 unspecified atom stereocenters. The van der Waals surface area contributed by atoms with Gasteiger partial charge in [-0.05, 0) is 42.4 Å². The van der Waals surface area contributed by atoms with E-state index >= 15 is 0 Å². The van der Waals surface area contributed by atoms with Crippen LogP contribution in [0.15, 0.2) is 89.8 Å². The van der Waals surface area contributed by atoms with E-state index in [4.69, 9.17) is 17.0 Å². The van der Waals surface area contributed by atoms with Crippen LogP contribution in [0.1, 0.15) is 29.2 Å². The molecule has 0 amide bonds. The summed E-state index contributed by atoms with van der Waals surface area (Å²) in [5.41, 5.74) is 3.00. The van der Waals surface area contributed by atoms with Crippen molar-refractivity contribution in [3.8, 4) is 0 Å². The maximum Gasteiger partial charge on any atom is 0.241 e. The summed E-state index contributed by atoms with van der Waals surface area (Å²) in [5.74, 6) is 0. The Kier molecular flexibility index (Phi) is 7.74. The molecule has 3 aromatic carbocycles. The molecule has 0 aliphatic rings. The summed E-state index contributed by atoms with van der Waals surface area (Å²) in [7, 11) is -3.70. The van der Waals surface area contributed by atoms with E-state index < -0.39 is 16.1 Å². The number of hydrogen-bond acceptors (Lipinski definition) is 4. The lowest BCUT2D eigenvalue weighted by atomic mass is 10.1. The highest BCUT2D eigenvalue weighted by atomic mass is 32.2. The number of thiocarbonyl (C=S) groups is 1. The molecule has 1 atom stereocenters. The van der Waals surface area contributed by atoms with Gasteiger partial charge in [0.05, 0.1) is 17.5 Å². The molecule has 1 N–H and O–H groups in total. The molecule has 30 heavy (non-hydrogen) atoms. The summed E-state index contributed by atoms with van der Waals surface area (Å²) >= 11 is 5.41. The van der Waals surface area contributed by atoms with Crippen molar-refractivity contribution in [3.63, 3.8) is 0 Å². The molecule has 0 heterocycles. The second-order valence-electron chi connectivity index (χ2n) is 7.06. The lowest BCUT2D eigenvalue weighted by Crippen LogP contribution is -2.30. The van der Waals surface area contributed by atoms with Crippen molar-refractivity contribution in [3.05, 3.63) is 102 Å². The van der Waals surface area contributed by atoms with E-state index in [9.17, 15) is 8.42 Å². The minimum Gasteiger partial charge on any atom is -0.487 e. The molecule has 0 fully saturated rings. The number of benzene rings is 3. The van der Waals surface area contributed by atoms with Gasteiger partial charge < -0.3 is 4.74 Å². The second kappa shape index (κ2) is 10.5. The van der Waals surface area contributed by atoms with Crippen molar-refractivity contribution in [2.45, 2.75) is 30.7 Å². The van der Waals surface area contributed by atoms with Gasteiger partial charge in [-0.2, -0.15) is 0 Å². The summed E-state index contributed by atoms with van der Waals surface area (Å²) in [6.07, 6.45) is 1.02. The number of rotatable bonds is 9. The Balaban J connectivity index is 1.68. The molecule has 0 radical (unpaired) electrons. The van der Waals surface area contributed by atoms with E-state index in [1.807, 2.05) is 67.6 Å². The molecular weight excluding hydrogens is 414 g/mol. The minimum absolute atomic E-state index is 0.227. The van der Waals surface area contributed by atoms with E-state index in [-0.39, 0.29) is 11.3 Å². The van der Waals surface area contributed by atoms with E-state index in [2.05, 4.69) is 4.72 Å². The zero-order valence-electron chi connectivity index (χ0n) is 16.8. The molecule has 0 saturated heterocycles. The van der Waals surface area contributed by atoms with Gasteiger partial charge in [0, 0.05) is 12.8 Å². The van der Waals surface area contributed by atoms with Gasteiger partial charge in [0.15, 0.2) is 5.05 Å². The minimum atomic E-state index is -3.70. The van der Waals surface area contributed by atoms with Crippen LogP contribution in [0.4, 0.5) is 0 Å². The van der Waals surface area contributed by atoms with E-state index in [0.29, 0.717) is 11.7 Å². The average molecular weight is 440 g/mol. The molecule has 156 valence electrons. The van der Waals surface area contributed by atoms with Gasteiger partial charge in [-0.1, -0.05) is 78.4 Å². The topological polar surface area (TPSA) is 55.4 Å². The first-order valence-electron chi connectivity index (χ1n) is 9.77. The molecular formula is C24H25NO3S2. The number of sulfonamides is 1. The predicted molar refractivity (Wildman–Crippen MR) is 124 cm³/mol. The summed E-state index contributed by atoms with van der Waals surface area (Å²) in [5, 5.41) is 0.381. The van der Waals surface area contributed by atoms with E-state index in [1.165, 1.54) is 5.56 Å². The molecule has 3 aromatic rings. The maximum absolute atomic E-state index is 12.9. The highest BCUT2D eigenvalue weighted by Gasteiger charge is 2.23. The van der Waals surface area contributed by atoms with Crippen LogP contribution < -0.4 is 4.72 Å². The van der Waals surface area contributed by atoms with Crippen molar-refractivity contribution >= 4 is 27.3 Å². The highest BCUT2D eigenvalue weighted by Crippen LogP contribution is 2.22. The van der Waals surface area contributed by atoms with Crippen LogP contribution in [0, 0.1) is 6.92 Å². The lowest BCUT2D eigenvalue weighted by Gasteiger charge is -2.20. The van der Waals surface area contributed by atoms with Crippen LogP contribution in [0.2, 0.25) is 0 Å². The summed E-state index contributed by atoms with van der Waals surface area (Å²) in [6, 6.07) is 25.7. The fraction of sp³-hybridized carbons (Fsp3) is 0.208. The molecule has 0 spiro atoms. The van der Waals surface area contributed by atoms with Crippen molar-refractivity contribution < 1.29 is 13.2 Å². The average Bonchev–Trinajstić information content (AvgIpc) is 2.75. The maximum atomic E-state index is 12.9. The molecule has 0 aromatic heterocycles. The Morgan fingerprint density at radius 2 is 1.53 bits per heavy atom. The molecule has 3 rings (SSSR count). The Morgan fingerprint density at radius 1 is 0.933 bits per heavy atom. The standard InChI is InChI=1S/C24H25NO3S2/c1-19-12-14-22(15-13-19)30(26,27)25-23(21-10-6-3-7-11-21)18-24(29)28-17-16-20-8-4-2-5-9-20/h2-15,23,25H,16-18H2,1H3/t23-/m0/s1. The lowest BCUT2D eigenvalue weighted by molar-refractivity contribution is 0.305. The fourth-order valence-corrected chi connectivity index (χ4v) is 4.51. The van der Waals surface area contributed by atoms with Crippen molar-refractivity contribution in [1.29, 1.82) is 0 Å². The third-order valence-corrected chi connectivity index (χ3v) is 6.47. The van der Waals surface area contributed by atoms with E-state index in [1.54, 1.807) is 24.3 Å². The monoisotopic (exact) mass is 439 g/mol. The predicted octanol–water partition coefficient (Wildman–Crippen LogP) is 4.99. The van der Waals surface area contributed by atoms with Crippen LogP contribution in [0.25, 0.3) is 0 Å². The van der Waals surface area contributed by atoms with Gasteiger partial charge in [-0.3, -0.25) is 0 Å². The van der Waals surface area contributed by atoms with Crippen molar-refractivity contribution in [2.75, 3.05) is 6.61 Å². The van der Waals surface area contributed by atoms with Crippen LogP contribution in [0.3, 0.4) is 0 Å². The molecule has 0 aliphatic heterocycles. The first-order chi connectivity index (χ1) is 14.4. The Bertz CT molecular complexity index is 1050. The van der Waals surface area contributed by atoms with Crippen molar-refractivity contribution in [2.24, 2.45) is 0 Å². The Labute approximate surface area is 184 Å². The molecule has 0 saturated carbocycles. The Morgan fingerprint density at radius 3 is 2.17 bits per heavy atom. The number of aryl methyl sites for hydroxylation is 1. The number of nitrogens with one attached hydrogen (secondary N) is 1. The van der Waals surface area contributed by atoms with Gasteiger partial charge in [-0.25, -0.2) is 13.1 Å². The van der Waals surface area contributed by atoms with Gasteiger partial charge >= 0.3 is 0 Å². The molecule has 0 aliphatic carbocycles. The zero-order chi connectivity index (χ0) is 21.4. The molecule has 4 nitrogen and oxygen atoms in total. The smallest absolute Gasteiger partial charge is 0.241 e. The summed E-state index contributed by atoms with van der Waals surface area (Å²) < 4.78 is 34.3. The fourth-order valence-electron chi connectivity index (χ4n) is 3.04. The third-order valence-electron chi connectivity index (χ3n) is 4.70. The molecule has 6 heteroatoms. The summed E-state index contributed by atoms with van der Waals surface area (Å²) in [6.45, 7) is 2.37. The quantitative estimate of drug-likeness (QED) is 0.477. The number of ether oxygens (including phenoxy) is 1. The van der Waals surface area contributed by atoms with Crippen LogP contribution >= 0.6 is 12.2 Å². The van der Waals surface area contributed by atoms with Crippen LogP contribution in [0.5, 0.6) is 0 Å².